The number of thioether (sulfide) groups is 1. The Balaban J connectivity index is 1.29. The van der Waals surface area contributed by atoms with Crippen molar-refractivity contribution in [1.82, 2.24) is 24.5 Å². The van der Waals surface area contributed by atoms with E-state index in [1.54, 1.807) is 6.26 Å². The van der Waals surface area contributed by atoms with Gasteiger partial charge in [0.25, 0.3) is 0 Å². The van der Waals surface area contributed by atoms with Gasteiger partial charge in [-0.1, -0.05) is 30.0 Å². The van der Waals surface area contributed by atoms with Crippen molar-refractivity contribution in [2.24, 2.45) is 0 Å². The Morgan fingerprint density at radius 3 is 2.69 bits per heavy atom. The third kappa shape index (κ3) is 4.20. The molecule has 0 bridgehead atoms. The van der Waals surface area contributed by atoms with Crippen LogP contribution in [0, 0.1) is 13.8 Å². The van der Waals surface area contributed by atoms with Gasteiger partial charge < -0.3 is 9.73 Å². The molecule has 1 amide bonds. The van der Waals surface area contributed by atoms with Crippen LogP contribution in [0.25, 0.3) is 5.69 Å². The number of aromatic nitrogens is 5. The predicted molar refractivity (Wildman–Crippen MR) is 122 cm³/mol. The van der Waals surface area contributed by atoms with E-state index in [9.17, 15) is 4.79 Å². The van der Waals surface area contributed by atoms with E-state index in [2.05, 4.69) is 25.2 Å². The summed E-state index contributed by atoms with van der Waals surface area (Å²) in [6, 6.07) is 13.7. The van der Waals surface area contributed by atoms with Crippen LogP contribution in [0.15, 0.2) is 58.3 Å². The lowest BCUT2D eigenvalue weighted by molar-refractivity contribution is -0.113. The molecule has 164 valence electrons. The molecular weight excluding hydrogens is 424 g/mol. The first-order chi connectivity index (χ1) is 15.6. The number of hydrogen-bond acceptors (Lipinski definition) is 6. The highest BCUT2D eigenvalue weighted by Gasteiger charge is 2.31. The van der Waals surface area contributed by atoms with Crippen LogP contribution in [-0.2, 0) is 11.3 Å². The molecule has 1 aliphatic rings. The van der Waals surface area contributed by atoms with E-state index in [4.69, 9.17) is 4.42 Å². The number of benzene rings is 1. The summed E-state index contributed by atoms with van der Waals surface area (Å²) in [6.45, 7) is 4.42. The summed E-state index contributed by atoms with van der Waals surface area (Å²) < 4.78 is 9.43. The van der Waals surface area contributed by atoms with E-state index in [1.165, 1.54) is 11.8 Å². The Labute approximate surface area is 190 Å². The number of furan rings is 1. The lowest BCUT2D eigenvalue weighted by Crippen LogP contribution is -2.16. The maximum absolute atomic E-state index is 12.8. The fraction of sp³-hybridized carbons (Fsp3) is 0.304. The van der Waals surface area contributed by atoms with Crippen LogP contribution in [0.2, 0.25) is 0 Å². The Hall–Kier alpha value is -3.33. The number of nitrogens with zero attached hydrogens (tertiary/aromatic N) is 5. The molecule has 1 fully saturated rings. The molecule has 3 heterocycles. The summed E-state index contributed by atoms with van der Waals surface area (Å²) in [5, 5.41) is 17.1. The minimum absolute atomic E-state index is 0.102. The number of rotatable bonds is 8. The van der Waals surface area contributed by atoms with Gasteiger partial charge in [-0.05, 0) is 51.0 Å². The molecular formula is C23H24N6O2S. The molecule has 1 N–H and O–H groups in total. The van der Waals surface area contributed by atoms with Gasteiger partial charge in [-0.25, -0.2) is 4.68 Å². The average molecular weight is 449 g/mol. The van der Waals surface area contributed by atoms with Gasteiger partial charge >= 0.3 is 0 Å². The molecule has 1 aromatic carbocycles. The minimum atomic E-state index is -0.102. The smallest absolute Gasteiger partial charge is 0.234 e. The zero-order chi connectivity index (χ0) is 22.1. The fourth-order valence-electron chi connectivity index (χ4n) is 3.71. The summed E-state index contributed by atoms with van der Waals surface area (Å²) >= 11 is 1.39. The highest BCUT2D eigenvalue weighted by molar-refractivity contribution is 7.99. The molecule has 0 spiro atoms. The Morgan fingerprint density at radius 2 is 1.97 bits per heavy atom. The van der Waals surface area contributed by atoms with Gasteiger partial charge in [-0.15, -0.1) is 10.2 Å². The predicted octanol–water partition coefficient (Wildman–Crippen LogP) is 4.33. The molecule has 4 aromatic rings. The van der Waals surface area contributed by atoms with Gasteiger partial charge in [-0.2, -0.15) is 5.10 Å². The molecule has 5 rings (SSSR count). The molecule has 1 saturated carbocycles. The molecule has 1 aliphatic carbocycles. The van der Waals surface area contributed by atoms with E-state index in [-0.39, 0.29) is 11.7 Å². The van der Waals surface area contributed by atoms with Crippen LogP contribution in [-0.4, -0.2) is 36.2 Å². The van der Waals surface area contributed by atoms with Crippen molar-refractivity contribution in [1.29, 1.82) is 0 Å². The second-order valence-corrected chi connectivity index (χ2v) is 8.85. The number of anilines is 1. The van der Waals surface area contributed by atoms with E-state index in [0.29, 0.717) is 12.5 Å². The summed E-state index contributed by atoms with van der Waals surface area (Å²) in [6.07, 6.45) is 3.92. The number of carbonyl (C=O) groups is 1. The van der Waals surface area contributed by atoms with Crippen molar-refractivity contribution in [2.45, 2.75) is 44.3 Å². The standard InChI is InChI=1S/C23H24N6O2S/c1-15-21(16(2)29(27-15)18-7-4-3-5-8-18)24-20(30)14-32-23-26-25-22(17-10-11-17)28(23)13-19-9-6-12-31-19/h3-9,12,17H,10-11,13-14H2,1-2H3,(H,24,30). The van der Waals surface area contributed by atoms with Gasteiger partial charge in [0.05, 0.1) is 41.3 Å². The summed E-state index contributed by atoms with van der Waals surface area (Å²) in [5.41, 5.74) is 3.38. The zero-order valence-electron chi connectivity index (χ0n) is 18.0. The molecule has 3 aromatic heterocycles. The van der Waals surface area contributed by atoms with Crippen molar-refractivity contribution >= 4 is 23.4 Å². The maximum atomic E-state index is 12.8. The largest absolute Gasteiger partial charge is 0.467 e. The van der Waals surface area contributed by atoms with Crippen LogP contribution >= 0.6 is 11.8 Å². The number of aryl methyl sites for hydroxylation is 1. The number of hydrogen-bond donors (Lipinski definition) is 1. The van der Waals surface area contributed by atoms with E-state index >= 15 is 0 Å². The summed E-state index contributed by atoms with van der Waals surface area (Å²) in [4.78, 5) is 12.8. The minimum Gasteiger partial charge on any atom is -0.467 e. The van der Waals surface area contributed by atoms with Crippen molar-refractivity contribution in [2.75, 3.05) is 11.1 Å². The van der Waals surface area contributed by atoms with E-state index in [0.717, 1.165) is 52.3 Å². The molecule has 8 nitrogen and oxygen atoms in total. The van der Waals surface area contributed by atoms with Crippen molar-refractivity contribution < 1.29 is 9.21 Å². The van der Waals surface area contributed by atoms with Gasteiger partial charge in [-0.3, -0.25) is 9.36 Å². The highest BCUT2D eigenvalue weighted by Crippen LogP contribution is 2.40. The van der Waals surface area contributed by atoms with E-state index in [1.807, 2.05) is 61.0 Å². The maximum Gasteiger partial charge on any atom is 0.234 e. The van der Waals surface area contributed by atoms with Crippen molar-refractivity contribution in [3.05, 3.63) is 71.7 Å². The molecule has 32 heavy (non-hydrogen) atoms. The Kier molecular flexibility index (Phi) is 5.57. The third-order valence-corrected chi connectivity index (χ3v) is 6.44. The number of para-hydroxylation sites is 1. The number of amides is 1. The monoisotopic (exact) mass is 448 g/mol. The van der Waals surface area contributed by atoms with Gasteiger partial charge in [0, 0.05) is 5.92 Å². The lowest BCUT2D eigenvalue weighted by atomic mass is 10.3. The number of nitrogens with one attached hydrogen (secondary N) is 1. The summed E-state index contributed by atoms with van der Waals surface area (Å²) in [5.74, 6) is 2.40. The molecule has 0 saturated heterocycles. The van der Waals surface area contributed by atoms with Gasteiger partial charge in [0.1, 0.15) is 11.6 Å². The Morgan fingerprint density at radius 1 is 1.16 bits per heavy atom. The van der Waals surface area contributed by atoms with Crippen molar-refractivity contribution in [3.8, 4) is 5.69 Å². The van der Waals surface area contributed by atoms with E-state index < -0.39 is 0 Å². The molecule has 0 unspecified atom stereocenters. The first kappa shape index (κ1) is 20.6. The second-order valence-electron chi connectivity index (χ2n) is 7.91. The number of carbonyl (C=O) groups excluding carboxylic acids is 1. The third-order valence-electron chi connectivity index (χ3n) is 5.47. The van der Waals surface area contributed by atoms with Crippen LogP contribution < -0.4 is 5.32 Å². The van der Waals surface area contributed by atoms with Gasteiger partial charge in [0.15, 0.2) is 5.16 Å². The van der Waals surface area contributed by atoms with Crippen LogP contribution in [0.5, 0.6) is 0 Å². The van der Waals surface area contributed by atoms with Gasteiger partial charge in [0.2, 0.25) is 5.91 Å². The Bertz CT molecular complexity index is 1230. The zero-order valence-corrected chi connectivity index (χ0v) is 18.8. The first-order valence-electron chi connectivity index (χ1n) is 10.6. The fourth-order valence-corrected chi connectivity index (χ4v) is 4.45. The molecule has 9 heteroatoms. The normalized spacial score (nSPS) is 13.4. The highest BCUT2D eigenvalue weighted by atomic mass is 32.2. The van der Waals surface area contributed by atoms with Crippen LogP contribution in [0.4, 0.5) is 5.69 Å². The summed E-state index contributed by atoms with van der Waals surface area (Å²) in [7, 11) is 0. The van der Waals surface area contributed by atoms with Crippen molar-refractivity contribution in [3.63, 3.8) is 0 Å². The lowest BCUT2D eigenvalue weighted by Gasteiger charge is -2.09. The van der Waals surface area contributed by atoms with Crippen LogP contribution in [0.3, 0.4) is 0 Å². The molecule has 0 aliphatic heterocycles. The first-order valence-corrected chi connectivity index (χ1v) is 11.6. The quantitative estimate of drug-likeness (QED) is 0.404. The topological polar surface area (TPSA) is 90.8 Å². The second kappa shape index (κ2) is 8.66. The molecule has 0 radical (unpaired) electrons. The SMILES string of the molecule is Cc1nn(-c2ccccc2)c(C)c1NC(=O)CSc1nnc(C2CC2)n1Cc1ccco1. The molecule has 0 atom stereocenters. The average Bonchev–Trinajstić information content (AvgIpc) is 3.25. The van der Waals surface area contributed by atoms with Crippen LogP contribution in [0.1, 0.15) is 41.7 Å².